The van der Waals surface area contributed by atoms with Crippen LogP contribution in [-0.2, 0) is 26.2 Å². The van der Waals surface area contributed by atoms with E-state index in [-0.39, 0.29) is 30.3 Å². The number of nitro benzene ring substituents is 1. The molecule has 0 unspecified atom stereocenters. The number of nitrogens with zero attached hydrogens (tertiary/aromatic N) is 3. The largest absolute Gasteiger partial charge is 0.354 e. The van der Waals surface area contributed by atoms with Crippen molar-refractivity contribution in [3.8, 4) is 0 Å². The quantitative estimate of drug-likeness (QED) is 0.327. The van der Waals surface area contributed by atoms with E-state index in [0.29, 0.717) is 17.7 Å². The maximum atomic E-state index is 13.6. The van der Waals surface area contributed by atoms with Crippen molar-refractivity contribution >= 4 is 33.2 Å². The Hall–Kier alpha value is -3.54. The van der Waals surface area contributed by atoms with Crippen LogP contribution in [-0.4, -0.2) is 55.4 Å². The molecule has 0 heterocycles. The smallest absolute Gasteiger partial charge is 0.271 e. The minimum absolute atomic E-state index is 0.0101. The molecule has 0 spiro atoms. The van der Waals surface area contributed by atoms with E-state index >= 15 is 0 Å². The summed E-state index contributed by atoms with van der Waals surface area (Å²) in [6.45, 7) is 6.78. The van der Waals surface area contributed by atoms with E-state index in [2.05, 4.69) is 5.32 Å². The number of sulfonamides is 1. The van der Waals surface area contributed by atoms with Crippen molar-refractivity contribution in [1.29, 1.82) is 0 Å². The first-order valence-electron chi connectivity index (χ1n) is 11.8. The van der Waals surface area contributed by atoms with Gasteiger partial charge in [-0.3, -0.25) is 24.0 Å². The molecule has 10 nitrogen and oxygen atoms in total. The van der Waals surface area contributed by atoms with Gasteiger partial charge in [0.15, 0.2) is 0 Å². The molecule has 2 rings (SSSR count). The maximum Gasteiger partial charge on any atom is 0.271 e. The first-order chi connectivity index (χ1) is 17.2. The van der Waals surface area contributed by atoms with E-state index in [0.717, 1.165) is 16.6 Å². The molecule has 0 bridgehead atoms. The first-order valence-corrected chi connectivity index (χ1v) is 13.6. The van der Waals surface area contributed by atoms with E-state index < -0.39 is 45.2 Å². The number of non-ortho nitro benzene ring substituents is 1. The third-order valence-electron chi connectivity index (χ3n) is 5.69. The summed E-state index contributed by atoms with van der Waals surface area (Å²) in [6, 6.07) is 8.24. The molecule has 12 heteroatoms. The molecule has 0 aliphatic rings. The number of halogens is 1. The van der Waals surface area contributed by atoms with Crippen LogP contribution in [0.1, 0.15) is 38.3 Å². The van der Waals surface area contributed by atoms with Gasteiger partial charge < -0.3 is 10.2 Å². The molecule has 37 heavy (non-hydrogen) atoms. The lowest BCUT2D eigenvalue weighted by atomic mass is 10.1. The number of aryl methyl sites for hydroxylation is 1. The van der Waals surface area contributed by atoms with Gasteiger partial charge in [-0.2, -0.15) is 0 Å². The molecule has 0 aliphatic heterocycles. The molecular formula is C25H33FN4O6S. The van der Waals surface area contributed by atoms with Gasteiger partial charge in [-0.25, -0.2) is 12.8 Å². The van der Waals surface area contributed by atoms with Crippen molar-refractivity contribution in [2.75, 3.05) is 23.7 Å². The monoisotopic (exact) mass is 536 g/mol. The van der Waals surface area contributed by atoms with Gasteiger partial charge in [0.05, 0.1) is 16.9 Å². The van der Waals surface area contributed by atoms with Crippen LogP contribution in [0.5, 0.6) is 0 Å². The maximum absolute atomic E-state index is 13.6. The zero-order valence-corrected chi connectivity index (χ0v) is 22.4. The lowest BCUT2D eigenvalue weighted by Gasteiger charge is -2.33. The van der Waals surface area contributed by atoms with E-state index in [4.69, 9.17) is 0 Å². The Morgan fingerprint density at radius 3 is 2.27 bits per heavy atom. The minimum atomic E-state index is -4.05. The molecule has 1 N–H and O–H groups in total. The number of benzene rings is 2. The van der Waals surface area contributed by atoms with Crippen molar-refractivity contribution in [2.24, 2.45) is 5.92 Å². The summed E-state index contributed by atoms with van der Waals surface area (Å²) in [5.41, 5.74) is 0.617. The number of carbonyl (C=O) groups excluding carboxylic acids is 2. The van der Waals surface area contributed by atoms with E-state index in [1.54, 1.807) is 13.8 Å². The summed E-state index contributed by atoms with van der Waals surface area (Å²) in [6.07, 6.45) is 1.14. The predicted molar refractivity (Wildman–Crippen MR) is 139 cm³/mol. The highest BCUT2D eigenvalue weighted by Crippen LogP contribution is 2.28. The molecule has 202 valence electrons. The summed E-state index contributed by atoms with van der Waals surface area (Å²) >= 11 is 0. The number of carbonyl (C=O) groups is 2. The molecule has 0 fully saturated rings. The number of nitrogens with one attached hydrogen (secondary N) is 1. The van der Waals surface area contributed by atoms with Gasteiger partial charge >= 0.3 is 0 Å². The third kappa shape index (κ3) is 8.24. The second kappa shape index (κ2) is 12.6. The SMILES string of the molecule is CC[C@H](C(=O)NCC(C)C)N(Cc1ccc(F)cc1)C(=O)CN(c1cc([N+](=O)[O-])ccc1C)S(C)(=O)=O. The summed E-state index contributed by atoms with van der Waals surface area (Å²) in [5, 5.41) is 14.1. The Bertz CT molecular complexity index is 1230. The second-order valence-corrected chi connectivity index (χ2v) is 11.1. The van der Waals surface area contributed by atoms with Crippen molar-refractivity contribution in [1.82, 2.24) is 10.2 Å². The lowest BCUT2D eigenvalue weighted by molar-refractivity contribution is -0.384. The zero-order chi connectivity index (χ0) is 27.9. The van der Waals surface area contributed by atoms with Gasteiger partial charge in [0, 0.05) is 25.2 Å². The van der Waals surface area contributed by atoms with Gasteiger partial charge in [0.2, 0.25) is 21.8 Å². The lowest BCUT2D eigenvalue weighted by Crippen LogP contribution is -2.52. The van der Waals surface area contributed by atoms with Crippen molar-refractivity contribution in [2.45, 2.75) is 46.7 Å². The highest BCUT2D eigenvalue weighted by atomic mass is 32.2. The van der Waals surface area contributed by atoms with Crippen molar-refractivity contribution < 1.29 is 27.3 Å². The van der Waals surface area contributed by atoms with Crippen molar-refractivity contribution in [3.63, 3.8) is 0 Å². The standard InChI is InChI=1S/C25H33FN4O6S/c1-6-22(25(32)27-14-17(2)3)28(15-19-8-10-20(26)11-9-19)24(31)16-29(37(5,35)36)23-13-21(30(33)34)12-7-18(23)4/h7-13,17,22H,6,14-16H2,1-5H3,(H,27,32)/t22-/m1/s1. The van der Waals surface area contributed by atoms with Crippen LogP contribution in [0.3, 0.4) is 0 Å². The van der Waals surface area contributed by atoms with Crippen molar-refractivity contribution in [3.05, 3.63) is 69.5 Å². The Morgan fingerprint density at radius 2 is 1.76 bits per heavy atom. The van der Waals surface area contributed by atoms with Gasteiger partial charge in [-0.15, -0.1) is 0 Å². The normalized spacial score (nSPS) is 12.2. The molecule has 1 atom stereocenters. The Balaban J connectivity index is 2.50. The number of hydrogen-bond acceptors (Lipinski definition) is 6. The average molecular weight is 537 g/mol. The third-order valence-corrected chi connectivity index (χ3v) is 6.81. The van der Waals surface area contributed by atoms with Crippen LogP contribution in [0.2, 0.25) is 0 Å². The zero-order valence-electron chi connectivity index (χ0n) is 21.6. The summed E-state index contributed by atoms with van der Waals surface area (Å²) in [7, 11) is -4.05. The molecule has 0 saturated carbocycles. The summed E-state index contributed by atoms with van der Waals surface area (Å²) < 4.78 is 39.7. The Kier molecular flexibility index (Phi) is 10.1. The van der Waals surface area contributed by atoms with Crippen LogP contribution < -0.4 is 9.62 Å². The summed E-state index contributed by atoms with van der Waals surface area (Å²) in [5.74, 6) is -1.38. The van der Waals surface area contributed by atoms with E-state index in [1.807, 2.05) is 13.8 Å². The van der Waals surface area contributed by atoms with Gasteiger partial charge in [-0.1, -0.05) is 39.0 Å². The van der Waals surface area contributed by atoms with Crippen LogP contribution >= 0.6 is 0 Å². The van der Waals surface area contributed by atoms with Gasteiger partial charge in [0.25, 0.3) is 5.69 Å². The molecule has 0 aliphatic carbocycles. The number of hydrogen-bond donors (Lipinski definition) is 1. The molecule has 2 amide bonds. The number of nitro groups is 1. The topological polar surface area (TPSA) is 130 Å². The molecule has 0 radical (unpaired) electrons. The Morgan fingerprint density at radius 1 is 1.14 bits per heavy atom. The van der Waals surface area contributed by atoms with Crippen LogP contribution in [0.15, 0.2) is 42.5 Å². The predicted octanol–water partition coefficient (Wildman–Crippen LogP) is 3.39. The fourth-order valence-electron chi connectivity index (χ4n) is 3.70. The molecule has 2 aromatic carbocycles. The molecule has 2 aromatic rings. The Labute approximate surface area is 216 Å². The second-order valence-electron chi connectivity index (χ2n) is 9.21. The highest BCUT2D eigenvalue weighted by Gasteiger charge is 2.32. The number of rotatable bonds is 12. The van der Waals surface area contributed by atoms with E-state index in [1.165, 1.54) is 41.3 Å². The molecule has 0 saturated heterocycles. The summed E-state index contributed by atoms with van der Waals surface area (Å²) in [4.78, 5) is 38.6. The average Bonchev–Trinajstić information content (AvgIpc) is 2.81. The van der Waals surface area contributed by atoms with Gasteiger partial charge in [-0.05, 0) is 42.5 Å². The fraction of sp³-hybridized carbons (Fsp3) is 0.440. The highest BCUT2D eigenvalue weighted by molar-refractivity contribution is 7.92. The van der Waals surface area contributed by atoms with Crippen LogP contribution in [0, 0.1) is 28.8 Å². The fourth-order valence-corrected chi connectivity index (χ4v) is 4.60. The minimum Gasteiger partial charge on any atom is -0.354 e. The van der Waals surface area contributed by atoms with E-state index in [9.17, 15) is 32.5 Å². The molecular weight excluding hydrogens is 503 g/mol. The van der Waals surface area contributed by atoms with Crippen LogP contribution in [0.4, 0.5) is 15.8 Å². The van der Waals surface area contributed by atoms with Gasteiger partial charge in [0.1, 0.15) is 18.4 Å². The molecule has 0 aromatic heterocycles. The van der Waals surface area contributed by atoms with Crippen LogP contribution in [0.25, 0.3) is 0 Å². The first kappa shape index (κ1) is 29.7. The number of amides is 2. The number of anilines is 1.